The summed E-state index contributed by atoms with van der Waals surface area (Å²) in [4.78, 5) is 12.6. The molecular formula is C15H23NO2. The molecule has 0 fully saturated rings. The van der Waals surface area contributed by atoms with Crippen molar-refractivity contribution in [3.8, 4) is 0 Å². The van der Waals surface area contributed by atoms with E-state index in [2.05, 4.69) is 36.9 Å². The summed E-state index contributed by atoms with van der Waals surface area (Å²) in [5.41, 5.74) is 4.01. The number of nitrogens with zero attached hydrogens (tertiary/aromatic N) is 1. The number of aliphatic carboxylic acids is 1. The van der Waals surface area contributed by atoms with Gasteiger partial charge in [0.2, 0.25) is 0 Å². The first-order chi connectivity index (χ1) is 8.49. The average Bonchev–Trinajstić information content (AvgIpc) is 2.30. The molecule has 1 aromatic carbocycles. The van der Waals surface area contributed by atoms with Crippen molar-refractivity contribution in [1.82, 2.24) is 4.90 Å². The Morgan fingerprint density at radius 1 is 1.22 bits per heavy atom. The second kappa shape index (κ2) is 7.17. The fourth-order valence-corrected chi connectivity index (χ4v) is 1.89. The maximum Gasteiger partial charge on any atom is 0.303 e. The second-order valence-corrected chi connectivity index (χ2v) is 4.97. The molecule has 0 radical (unpaired) electrons. The highest BCUT2D eigenvalue weighted by molar-refractivity contribution is 5.66. The Balaban J connectivity index is 2.31. The van der Waals surface area contributed by atoms with Crippen LogP contribution < -0.4 is 0 Å². The van der Waals surface area contributed by atoms with Crippen LogP contribution in [0.5, 0.6) is 0 Å². The summed E-state index contributed by atoms with van der Waals surface area (Å²) in [7, 11) is 2.04. The van der Waals surface area contributed by atoms with Gasteiger partial charge in [-0.3, -0.25) is 4.79 Å². The Morgan fingerprint density at radius 3 is 2.56 bits per heavy atom. The van der Waals surface area contributed by atoms with Crippen LogP contribution in [0.25, 0.3) is 0 Å². The smallest absolute Gasteiger partial charge is 0.303 e. The Hall–Kier alpha value is -1.35. The van der Waals surface area contributed by atoms with E-state index < -0.39 is 5.97 Å². The summed E-state index contributed by atoms with van der Waals surface area (Å²) < 4.78 is 0. The summed E-state index contributed by atoms with van der Waals surface area (Å²) in [6, 6.07) is 6.57. The van der Waals surface area contributed by atoms with Crippen LogP contribution >= 0.6 is 0 Å². The van der Waals surface area contributed by atoms with Gasteiger partial charge in [-0.15, -0.1) is 0 Å². The molecule has 18 heavy (non-hydrogen) atoms. The van der Waals surface area contributed by atoms with E-state index in [1.165, 1.54) is 16.7 Å². The molecule has 0 unspecified atom stereocenters. The molecule has 0 aliphatic rings. The largest absolute Gasteiger partial charge is 0.481 e. The van der Waals surface area contributed by atoms with E-state index in [0.29, 0.717) is 0 Å². The van der Waals surface area contributed by atoms with Crippen molar-refractivity contribution in [2.24, 2.45) is 0 Å². The van der Waals surface area contributed by atoms with E-state index in [1.54, 1.807) is 0 Å². The quantitative estimate of drug-likeness (QED) is 0.807. The van der Waals surface area contributed by atoms with Gasteiger partial charge in [0.05, 0.1) is 0 Å². The lowest BCUT2D eigenvalue weighted by Gasteiger charge is -2.16. The third-order valence-electron chi connectivity index (χ3n) is 3.28. The molecule has 1 aromatic rings. The first kappa shape index (κ1) is 14.7. The summed E-state index contributed by atoms with van der Waals surface area (Å²) in [6.45, 7) is 6.08. The van der Waals surface area contributed by atoms with Crippen LogP contribution in [0.4, 0.5) is 0 Å². The van der Waals surface area contributed by atoms with Gasteiger partial charge in [0.15, 0.2) is 0 Å². The average molecular weight is 249 g/mol. The van der Waals surface area contributed by atoms with Gasteiger partial charge in [0.1, 0.15) is 0 Å². The number of carboxylic acids is 1. The summed E-state index contributed by atoms with van der Waals surface area (Å²) in [5, 5.41) is 8.57. The molecule has 1 N–H and O–H groups in total. The number of rotatable bonds is 7. The van der Waals surface area contributed by atoms with Crippen LogP contribution in [0.3, 0.4) is 0 Å². The SMILES string of the molecule is Cc1ccc(CCN(C)CCCC(=O)O)cc1C. The normalized spacial score (nSPS) is 10.9. The molecule has 0 saturated heterocycles. The van der Waals surface area contributed by atoms with Gasteiger partial charge in [0, 0.05) is 13.0 Å². The van der Waals surface area contributed by atoms with Crippen molar-refractivity contribution in [1.29, 1.82) is 0 Å². The fourth-order valence-electron chi connectivity index (χ4n) is 1.89. The Kier molecular flexibility index (Phi) is 5.86. The van der Waals surface area contributed by atoms with Crippen LogP contribution in [-0.2, 0) is 11.2 Å². The van der Waals surface area contributed by atoms with E-state index in [9.17, 15) is 4.79 Å². The molecule has 0 aliphatic carbocycles. The van der Waals surface area contributed by atoms with Crippen molar-refractivity contribution in [2.75, 3.05) is 20.1 Å². The van der Waals surface area contributed by atoms with E-state index in [0.717, 1.165) is 25.9 Å². The molecule has 0 amide bonds. The minimum absolute atomic E-state index is 0.258. The van der Waals surface area contributed by atoms with Crippen molar-refractivity contribution in [3.05, 3.63) is 34.9 Å². The van der Waals surface area contributed by atoms with Gasteiger partial charge < -0.3 is 10.0 Å². The number of hydrogen-bond donors (Lipinski definition) is 1. The van der Waals surface area contributed by atoms with Gasteiger partial charge in [-0.05, 0) is 57.0 Å². The highest BCUT2D eigenvalue weighted by Crippen LogP contribution is 2.10. The number of likely N-dealkylation sites (N-methyl/N-ethyl adjacent to an activating group) is 1. The molecule has 0 saturated carbocycles. The second-order valence-electron chi connectivity index (χ2n) is 4.97. The van der Waals surface area contributed by atoms with E-state index in [1.807, 2.05) is 7.05 Å². The molecule has 0 bridgehead atoms. The number of benzene rings is 1. The lowest BCUT2D eigenvalue weighted by Crippen LogP contribution is -2.23. The molecule has 3 heteroatoms. The molecule has 0 spiro atoms. The molecule has 0 aliphatic heterocycles. The molecular weight excluding hydrogens is 226 g/mol. The zero-order valence-electron chi connectivity index (χ0n) is 11.6. The minimum Gasteiger partial charge on any atom is -0.481 e. The third-order valence-corrected chi connectivity index (χ3v) is 3.28. The zero-order valence-corrected chi connectivity index (χ0v) is 11.6. The lowest BCUT2D eigenvalue weighted by molar-refractivity contribution is -0.137. The van der Waals surface area contributed by atoms with Crippen LogP contribution in [-0.4, -0.2) is 36.1 Å². The number of hydrogen-bond acceptors (Lipinski definition) is 2. The summed E-state index contributed by atoms with van der Waals surface area (Å²) in [6.07, 6.45) is 2.00. The molecule has 0 heterocycles. The van der Waals surface area contributed by atoms with Gasteiger partial charge in [0.25, 0.3) is 0 Å². The summed E-state index contributed by atoms with van der Waals surface area (Å²) >= 11 is 0. The van der Waals surface area contributed by atoms with E-state index >= 15 is 0 Å². The van der Waals surface area contributed by atoms with Crippen LogP contribution in [0.2, 0.25) is 0 Å². The maximum atomic E-state index is 10.4. The lowest BCUT2D eigenvalue weighted by atomic mass is 10.0. The molecule has 3 nitrogen and oxygen atoms in total. The van der Waals surface area contributed by atoms with Crippen LogP contribution in [0.15, 0.2) is 18.2 Å². The molecule has 1 rings (SSSR count). The molecule has 100 valence electrons. The van der Waals surface area contributed by atoms with Crippen LogP contribution in [0, 0.1) is 13.8 Å². The number of carboxylic acid groups (broad SMARTS) is 1. The number of carbonyl (C=O) groups is 1. The van der Waals surface area contributed by atoms with E-state index in [4.69, 9.17) is 5.11 Å². The predicted octanol–water partition coefficient (Wildman–Crippen LogP) is 2.64. The van der Waals surface area contributed by atoms with Crippen molar-refractivity contribution < 1.29 is 9.90 Å². The Morgan fingerprint density at radius 2 is 1.94 bits per heavy atom. The highest BCUT2D eigenvalue weighted by Gasteiger charge is 2.02. The zero-order chi connectivity index (χ0) is 13.5. The highest BCUT2D eigenvalue weighted by atomic mass is 16.4. The fraction of sp³-hybridized carbons (Fsp3) is 0.533. The summed E-state index contributed by atoms with van der Waals surface area (Å²) in [5.74, 6) is -0.711. The predicted molar refractivity (Wildman–Crippen MR) is 74.0 cm³/mol. The standard InChI is InChI=1S/C15H23NO2/c1-12-6-7-14(11-13(12)2)8-10-16(3)9-4-5-15(17)18/h6-7,11H,4-5,8-10H2,1-3H3,(H,17,18). The molecule has 0 atom stereocenters. The number of aryl methyl sites for hydroxylation is 2. The van der Waals surface area contributed by atoms with Gasteiger partial charge >= 0.3 is 5.97 Å². The monoisotopic (exact) mass is 249 g/mol. The first-order valence-corrected chi connectivity index (χ1v) is 6.45. The Labute approximate surface area is 109 Å². The van der Waals surface area contributed by atoms with Gasteiger partial charge in [-0.2, -0.15) is 0 Å². The van der Waals surface area contributed by atoms with E-state index in [-0.39, 0.29) is 6.42 Å². The minimum atomic E-state index is -0.711. The van der Waals surface area contributed by atoms with Crippen molar-refractivity contribution in [2.45, 2.75) is 33.1 Å². The topological polar surface area (TPSA) is 40.5 Å². The van der Waals surface area contributed by atoms with Crippen molar-refractivity contribution in [3.63, 3.8) is 0 Å². The van der Waals surface area contributed by atoms with Gasteiger partial charge in [-0.1, -0.05) is 18.2 Å². The first-order valence-electron chi connectivity index (χ1n) is 6.45. The van der Waals surface area contributed by atoms with Crippen LogP contribution in [0.1, 0.15) is 29.5 Å². The van der Waals surface area contributed by atoms with Crippen molar-refractivity contribution >= 4 is 5.97 Å². The maximum absolute atomic E-state index is 10.4. The van der Waals surface area contributed by atoms with Gasteiger partial charge in [-0.25, -0.2) is 0 Å². The Bertz CT molecular complexity index is 401. The third kappa shape index (κ3) is 5.32. The molecule has 0 aromatic heterocycles.